The molecule has 1 amide bonds. The maximum absolute atomic E-state index is 11.7. The Bertz CT molecular complexity index is 1320. The number of aromatic nitrogens is 4. The fraction of sp³-hybridized carbons (Fsp3) is 0.375. The van der Waals surface area contributed by atoms with E-state index in [4.69, 9.17) is 9.72 Å². The molecule has 2 atom stereocenters. The highest BCUT2D eigenvalue weighted by atomic mass is 16.5. The zero-order valence-electron chi connectivity index (χ0n) is 17.7. The van der Waals surface area contributed by atoms with Crippen molar-refractivity contribution < 1.29 is 9.53 Å². The van der Waals surface area contributed by atoms with Gasteiger partial charge in [-0.15, -0.1) is 0 Å². The summed E-state index contributed by atoms with van der Waals surface area (Å²) in [5.41, 5.74) is 5.28. The Morgan fingerprint density at radius 2 is 2.06 bits per heavy atom. The summed E-state index contributed by atoms with van der Waals surface area (Å²) in [7, 11) is 1.95. The van der Waals surface area contributed by atoms with Crippen molar-refractivity contribution in [3.05, 3.63) is 42.9 Å². The summed E-state index contributed by atoms with van der Waals surface area (Å²) in [5.74, 6) is 1.12. The summed E-state index contributed by atoms with van der Waals surface area (Å²) in [6.45, 7) is 2.73. The molecule has 158 valence electrons. The molecule has 1 aliphatic carbocycles. The molecule has 1 aliphatic heterocycles. The number of carbonyl (C=O) groups excluding carboxylic acids is 1. The lowest BCUT2D eigenvalue weighted by Gasteiger charge is -2.21. The van der Waals surface area contributed by atoms with Gasteiger partial charge in [0.1, 0.15) is 17.4 Å². The van der Waals surface area contributed by atoms with Gasteiger partial charge in [-0.05, 0) is 55.2 Å². The van der Waals surface area contributed by atoms with Crippen molar-refractivity contribution in [2.24, 2.45) is 13.0 Å². The molecule has 7 nitrogen and oxygen atoms in total. The normalized spacial score (nSPS) is 19.8. The summed E-state index contributed by atoms with van der Waals surface area (Å²) >= 11 is 0. The first-order valence-electron chi connectivity index (χ1n) is 10.9. The topological polar surface area (TPSA) is 74.0 Å². The average Bonchev–Trinajstić information content (AvgIpc) is 3.18. The molecular formula is C24H25N5O2. The Hall–Kier alpha value is -3.35. The van der Waals surface area contributed by atoms with E-state index in [0.29, 0.717) is 19.0 Å². The van der Waals surface area contributed by atoms with E-state index in [1.54, 1.807) is 0 Å². The molecular weight excluding hydrogens is 390 g/mol. The smallest absolute Gasteiger partial charge is 0.220 e. The van der Waals surface area contributed by atoms with E-state index in [-0.39, 0.29) is 17.9 Å². The van der Waals surface area contributed by atoms with Crippen LogP contribution < -0.4 is 10.1 Å². The van der Waals surface area contributed by atoms with Crippen LogP contribution in [0.25, 0.3) is 33.1 Å². The number of hydrogen-bond acceptors (Lipinski definition) is 4. The SMILES string of the molecule is C[C@@H](Oc1cc(-c2ccc3c(cnn3C)c2)cc2ncn(C3CC3)c12)[C@H]1CNC(=O)C1. The molecule has 2 aliphatic rings. The largest absolute Gasteiger partial charge is 0.488 e. The third-order valence-electron chi connectivity index (χ3n) is 6.64. The van der Waals surface area contributed by atoms with Crippen LogP contribution in [0.1, 0.15) is 32.2 Å². The van der Waals surface area contributed by atoms with Crippen molar-refractivity contribution >= 4 is 27.8 Å². The van der Waals surface area contributed by atoms with Crippen LogP contribution in [0.2, 0.25) is 0 Å². The van der Waals surface area contributed by atoms with Crippen molar-refractivity contribution in [2.75, 3.05) is 6.54 Å². The van der Waals surface area contributed by atoms with E-state index < -0.39 is 0 Å². The van der Waals surface area contributed by atoms with Crippen molar-refractivity contribution in [2.45, 2.75) is 38.3 Å². The van der Waals surface area contributed by atoms with Gasteiger partial charge in [0, 0.05) is 37.4 Å². The lowest BCUT2D eigenvalue weighted by Crippen LogP contribution is -2.25. The minimum absolute atomic E-state index is 0.0687. The fourth-order valence-electron chi connectivity index (χ4n) is 4.62. The Kier molecular flexibility index (Phi) is 4.06. The number of carbonyl (C=O) groups is 1. The van der Waals surface area contributed by atoms with Crippen molar-refractivity contribution in [1.29, 1.82) is 0 Å². The van der Waals surface area contributed by atoms with Crippen LogP contribution in [0, 0.1) is 5.92 Å². The number of hydrogen-bond donors (Lipinski definition) is 1. The number of nitrogens with one attached hydrogen (secondary N) is 1. The number of fused-ring (bicyclic) bond motifs is 2. The van der Waals surface area contributed by atoms with E-state index in [1.807, 2.05) is 24.3 Å². The molecule has 2 fully saturated rings. The van der Waals surface area contributed by atoms with Gasteiger partial charge in [-0.25, -0.2) is 4.98 Å². The van der Waals surface area contributed by atoms with E-state index in [1.165, 1.54) is 12.8 Å². The molecule has 1 saturated carbocycles. The molecule has 2 aromatic heterocycles. The molecule has 0 spiro atoms. The number of imidazole rings is 1. The highest BCUT2D eigenvalue weighted by Crippen LogP contribution is 2.42. The summed E-state index contributed by atoms with van der Waals surface area (Å²) < 4.78 is 10.7. The summed E-state index contributed by atoms with van der Waals surface area (Å²) in [6.07, 6.45) is 6.64. The molecule has 4 aromatic rings. The Labute approximate surface area is 180 Å². The molecule has 6 rings (SSSR count). The summed E-state index contributed by atoms with van der Waals surface area (Å²) in [5, 5.41) is 8.39. The van der Waals surface area contributed by atoms with Gasteiger partial charge in [0.15, 0.2) is 0 Å². The van der Waals surface area contributed by atoms with Gasteiger partial charge >= 0.3 is 0 Å². The quantitative estimate of drug-likeness (QED) is 0.538. The highest BCUT2D eigenvalue weighted by molar-refractivity contribution is 5.91. The number of ether oxygens (including phenoxy) is 1. The lowest BCUT2D eigenvalue weighted by atomic mass is 10.0. The predicted octanol–water partition coefficient (Wildman–Crippen LogP) is 3.83. The van der Waals surface area contributed by atoms with Gasteiger partial charge in [-0.3, -0.25) is 9.48 Å². The molecule has 1 saturated heterocycles. The van der Waals surface area contributed by atoms with Crippen LogP contribution in [-0.4, -0.2) is 37.9 Å². The van der Waals surface area contributed by atoms with Crippen LogP contribution in [0.4, 0.5) is 0 Å². The zero-order valence-corrected chi connectivity index (χ0v) is 17.7. The Morgan fingerprint density at radius 1 is 1.19 bits per heavy atom. The number of benzene rings is 2. The first-order chi connectivity index (χ1) is 15.1. The maximum atomic E-state index is 11.7. The monoisotopic (exact) mass is 415 g/mol. The first-order valence-corrected chi connectivity index (χ1v) is 10.9. The highest BCUT2D eigenvalue weighted by Gasteiger charge is 2.30. The van der Waals surface area contributed by atoms with Gasteiger partial charge in [0.25, 0.3) is 0 Å². The molecule has 2 aromatic carbocycles. The zero-order chi connectivity index (χ0) is 21.1. The second-order valence-corrected chi connectivity index (χ2v) is 8.86. The number of amides is 1. The van der Waals surface area contributed by atoms with Crippen molar-refractivity contribution in [3.63, 3.8) is 0 Å². The molecule has 0 radical (unpaired) electrons. The van der Waals surface area contributed by atoms with Crippen LogP contribution in [0.15, 0.2) is 42.9 Å². The summed E-state index contributed by atoms with van der Waals surface area (Å²) in [6, 6.07) is 11.2. The third-order valence-corrected chi connectivity index (χ3v) is 6.64. The van der Waals surface area contributed by atoms with Crippen LogP contribution in [0.5, 0.6) is 5.75 Å². The van der Waals surface area contributed by atoms with Crippen LogP contribution in [-0.2, 0) is 11.8 Å². The van der Waals surface area contributed by atoms with Crippen LogP contribution >= 0.6 is 0 Å². The second-order valence-electron chi connectivity index (χ2n) is 8.86. The fourth-order valence-corrected chi connectivity index (χ4v) is 4.62. The van der Waals surface area contributed by atoms with Crippen molar-refractivity contribution in [3.8, 4) is 16.9 Å². The Balaban J connectivity index is 1.44. The number of rotatable bonds is 5. The van der Waals surface area contributed by atoms with Gasteiger partial charge in [0.05, 0.1) is 23.6 Å². The standard InChI is InChI=1S/C24H25N5O2/c1-14(17-10-23(30)25-11-17)31-22-9-16(8-20-24(22)29(13-26-20)19-4-5-19)15-3-6-21-18(7-15)12-27-28(21)2/h3,6-9,12-14,17,19H,4-5,10-11H2,1-2H3,(H,25,30)/t14-,17-/m1/s1. The van der Waals surface area contributed by atoms with Gasteiger partial charge in [-0.2, -0.15) is 5.10 Å². The molecule has 7 heteroatoms. The van der Waals surface area contributed by atoms with Gasteiger partial charge in [-0.1, -0.05) is 6.07 Å². The predicted molar refractivity (Wildman–Crippen MR) is 119 cm³/mol. The summed E-state index contributed by atoms with van der Waals surface area (Å²) in [4.78, 5) is 16.4. The van der Waals surface area contributed by atoms with E-state index in [9.17, 15) is 4.79 Å². The maximum Gasteiger partial charge on any atom is 0.220 e. The molecule has 31 heavy (non-hydrogen) atoms. The molecule has 0 bridgehead atoms. The molecule has 3 heterocycles. The Morgan fingerprint density at radius 3 is 2.84 bits per heavy atom. The second kappa shape index (κ2) is 6.83. The molecule has 1 N–H and O–H groups in total. The molecule has 0 unspecified atom stereocenters. The van der Waals surface area contributed by atoms with E-state index in [2.05, 4.69) is 52.2 Å². The van der Waals surface area contributed by atoms with E-state index >= 15 is 0 Å². The van der Waals surface area contributed by atoms with Crippen molar-refractivity contribution in [1.82, 2.24) is 24.6 Å². The first kappa shape index (κ1) is 18.4. The van der Waals surface area contributed by atoms with E-state index in [0.717, 1.165) is 38.8 Å². The lowest BCUT2D eigenvalue weighted by molar-refractivity contribution is -0.119. The van der Waals surface area contributed by atoms with Crippen LogP contribution in [0.3, 0.4) is 0 Å². The van der Waals surface area contributed by atoms with Gasteiger partial charge in [0.2, 0.25) is 5.91 Å². The number of aryl methyl sites for hydroxylation is 1. The number of nitrogens with zero attached hydrogens (tertiary/aromatic N) is 4. The van der Waals surface area contributed by atoms with Gasteiger partial charge < -0.3 is 14.6 Å². The third kappa shape index (κ3) is 3.15. The minimum atomic E-state index is -0.0687. The average molecular weight is 415 g/mol. The minimum Gasteiger partial charge on any atom is -0.488 e.